The van der Waals surface area contributed by atoms with E-state index in [9.17, 15) is 14.7 Å². The number of aliphatic carboxylic acids is 1. The number of ether oxygens (including phenoxy) is 2. The van der Waals surface area contributed by atoms with E-state index in [0.717, 1.165) is 29.7 Å². The van der Waals surface area contributed by atoms with Gasteiger partial charge in [-0.05, 0) is 76.8 Å². The number of carbonyl (C=O) groups excluding carboxylic acids is 1. The number of carboxylic acids is 1. The highest BCUT2D eigenvalue weighted by Crippen LogP contribution is 2.38. The molecule has 0 radical (unpaired) electrons. The van der Waals surface area contributed by atoms with Gasteiger partial charge in [-0.25, -0.2) is 4.79 Å². The molecule has 0 saturated carbocycles. The summed E-state index contributed by atoms with van der Waals surface area (Å²) in [5, 5.41) is 10.0. The van der Waals surface area contributed by atoms with Crippen LogP contribution in [-0.4, -0.2) is 47.2 Å². The Morgan fingerprint density at radius 2 is 1.88 bits per heavy atom. The number of benzene rings is 2. The molecule has 0 fully saturated rings. The summed E-state index contributed by atoms with van der Waals surface area (Å²) in [6.45, 7) is 11.2. The number of fused-ring (bicyclic) bond motifs is 1. The van der Waals surface area contributed by atoms with Crippen molar-refractivity contribution in [3.05, 3.63) is 53.1 Å². The van der Waals surface area contributed by atoms with Gasteiger partial charge in [0.05, 0.1) is 12.2 Å². The van der Waals surface area contributed by atoms with Crippen LogP contribution in [0.15, 0.2) is 36.4 Å². The highest BCUT2D eigenvalue weighted by atomic mass is 16.5. The Hall–Kier alpha value is -2.86. The minimum absolute atomic E-state index is 0.124. The van der Waals surface area contributed by atoms with Crippen molar-refractivity contribution in [3.8, 4) is 16.9 Å². The van der Waals surface area contributed by atoms with E-state index in [1.54, 1.807) is 23.1 Å². The molecule has 2 aromatic rings. The number of nitrogens with zero attached hydrogens (tertiary/aromatic N) is 1. The number of hydrogen-bond acceptors (Lipinski definition) is 4. The van der Waals surface area contributed by atoms with E-state index in [2.05, 4.69) is 0 Å². The van der Waals surface area contributed by atoms with Gasteiger partial charge in [0.25, 0.3) is 5.91 Å². The van der Waals surface area contributed by atoms with Gasteiger partial charge in [0.2, 0.25) is 0 Å². The van der Waals surface area contributed by atoms with E-state index in [1.165, 1.54) is 0 Å². The van der Waals surface area contributed by atoms with Crippen LogP contribution in [0.5, 0.6) is 5.75 Å². The Morgan fingerprint density at radius 3 is 2.50 bits per heavy atom. The first-order valence-corrected chi connectivity index (χ1v) is 11.2. The molecular weight excluding hydrogens is 406 g/mol. The van der Waals surface area contributed by atoms with Crippen molar-refractivity contribution in [2.45, 2.75) is 59.2 Å². The molecule has 1 heterocycles. The highest BCUT2D eigenvalue weighted by Gasteiger charge is 2.32. The first kappa shape index (κ1) is 23.8. The predicted octanol–water partition coefficient (Wildman–Crippen LogP) is 5.10. The minimum atomic E-state index is -1.21. The monoisotopic (exact) mass is 439 g/mol. The molecule has 0 aliphatic carbocycles. The zero-order chi connectivity index (χ0) is 23.5. The first-order valence-electron chi connectivity index (χ1n) is 11.2. The Balaban J connectivity index is 2.25. The molecule has 1 unspecified atom stereocenters. The van der Waals surface area contributed by atoms with Crippen molar-refractivity contribution in [2.24, 2.45) is 0 Å². The lowest BCUT2D eigenvalue weighted by molar-refractivity contribution is -0.160. The first-order chi connectivity index (χ1) is 15.2. The van der Waals surface area contributed by atoms with E-state index in [1.807, 2.05) is 52.8 Å². The lowest BCUT2D eigenvalue weighted by Gasteiger charge is -2.28. The molecule has 1 atom stereocenters. The van der Waals surface area contributed by atoms with Gasteiger partial charge in [-0.3, -0.25) is 4.79 Å². The zero-order valence-electron chi connectivity index (χ0n) is 19.6. The standard InChI is InChI=1S/C26H33NO5/c1-6-27(7-2)24(28)20-12-8-11-19(23(25(29)30)32-26(3,4)5)22(20)18-13-14-21-17(16-18)10-9-15-31-21/h8,11-14,16,23H,6-7,9-10,15H2,1-5H3,(H,29,30). The second-order valence-electron chi connectivity index (χ2n) is 8.97. The fourth-order valence-electron chi connectivity index (χ4n) is 4.09. The Bertz CT molecular complexity index is 988. The number of carbonyl (C=O) groups is 2. The number of carboxylic acid groups (broad SMARTS) is 1. The van der Waals surface area contributed by atoms with Gasteiger partial charge < -0.3 is 19.5 Å². The third-order valence-electron chi connectivity index (χ3n) is 5.55. The lowest BCUT2D eigenvalue weighted by atomic mass is 9.89. The maximum absolute atomic E-state index is 13.4. The van der Waals surface area contributed by atoms with Crippen LogP contribution >= 0.6 is 0 Å². The Morgan fingerprint density at radius 1 is 1.16 bits per heavy atom. The van der Waals surface area contributed by atoms with E-state index in [0.29, 0.717) is 36.4 Å². The molecule has 0 aromatic heterocycles. The Kier molecular flexibility index (Phi) is 7.24. The molecule has 172 valence electrons. The molecule has 6 heteroatoms. The summed E-state index contributed by atoms with van der Waals surface area (Å²) >= 11 is 0. The largest absolute Gasteiger partial charge is 0.493 e. The minimum Gasteiger partial charge on any atom is -0.493 e. The van der Waals surface area contributed by atoms with Crippen molar-refractivity contribution in [2.75, 3.05) is 19.7 Å². The molecule has 3 rings (SSSR count). The number of amides is 1. The number of aryl methyl sites for hydroxylation is 1. The summed E-state index contributed by atoms with van der Waals surface area (Å²) in [4.78, 5) is 27.5. The third-order valence-corrected chi connectivity index (χ3v) is 5.55. The molecule has 1 aliphatic heterocycles. The smallest absolute Gasteiger partial charge is 0.337 e. The average molecular weight is 440 g/mol. The topological polar surface area (TPSA) is 76.1 Å². The molecule has 0 bridgehead atoms. The second-order valence-corrected chi connectivity index (χ2v) is 8.97. The lowest BCUT2D eigenvalue weighted by Crippen LogP contribution is -2.32. The van der Waals surface area contributed by atoms with Crippen LogP contribution in [0.2, 0.25) is 0 Å². The molecule has 0 saturated heterocycles. The highest BCUT2D eigenvalue weighted by molar-refractivity contribution is 6.02. The van der Waals surface area contributed by atoms with Gasteiger partial charge in [-0.1, -0.05) is 18.2 Å². The molecular formula is C26H33NO5. The number of rotatable bonds is 7. The predicted molar refractivity (Wildman–Crippen MR) is 124 cm³/mol. The van der Waals surface area contributed by atoms with Crippen molar-refractivity contribution in [3.63, 3.8) is 0 Å². The SMILES string of the molecule is CCN(CC)C(=O)c1cccc(C(OC(C)(C)C)C(=O)O)c1-c1ccc2c(c1)CCCO2. The van der Waals surface area contributed by atoms with Crippen LogP contribution in [0.3, 0.4) is 0 Å². The van der Waals surface area contributed by atoms with Crippen LogP contribution in [0.1, 0.15) is 68.6 Å². The molecule has 1 amide bonds. The molecule has 2 aromatic carbocycles. The molecule has 32 heavy (non-hydrogen) atoms. The van der Waals surface area contributed by atoms with Crippen LogP contribution in [0.25, 0.3) is 11.1 Å². The van der Waals surface area contributed by atoms with Gasteiger partial charge >= 0.3 is 5.97 Å². The molecule has 1 aliphatic rings. The van der Waals surface area contributed by atoms with Gasteiger partial charge in [-0.2, -0.15) is 0 Å². The van der Waals surface area contributed by atoms with Gasteiger partial charge in [0.15, 0.2) is 6.10 Å². The van der Waals surface area contributed by atoms with Crippen LogP contribution in [0.4, 0.5) is 0 Å². The molecule has 0 spiro atoms. The summed E-state index contributed by atoms with van der Waals surface area (Å²) in [6, 6.07) is 11.1. The summed E-state index contributed by atoms with van der Waals surface area (Å²) < 4.78 is 11.7. The quantitative estimate of drug-likeness (QED) is 0.649. The van der Waals surface area contributed by atoms with E-state index < -0.39 is 17.7 Å². The molecule has 1 N–H and O–H groups in total. The van der Waals surface area contributed by atoms with Crippen molar-refractivity contribution < 1.29 is 24.2 Å². The zero-order valence-corrected chi connectivity index (χ0v) is 19.6. The maximum atomic E-state index is 13.4. The van der Waals surface area contributed by atoms with E-state index in [-0.39, 0.29) is 5.91 Å². The fourth-order valence-corrected chi connectivity index (χ4v) is 4.09. The van der Waals surface area contributed by atoms with Crippen molar-refractivity contribution >= 4 is 11.9 Å². The van der Waals surface area contributed by atoms with Crippen LogP contribution in [0, 0.1) is 0 Å². The second kappa shape index (κ2) is 9.74. The summed E-state index contributed by atoms with van der Waals surface area (Å²) in [6.07, 6.45) is 0.599. The van der Waals surface area contributed by atoms with E-state index in [4.69, 9.17) is 9.47 Å². The van der Waals surface area contributed by atoms with Gasteiger partial charge in [0.1, 0.15) is 5.75 Å². The van der Waals surface area contributed by atoms with Crippen LogP contribution < -0.4 is 4.74 Å². The summed E-state index contributed by atoms with van der Waals surface area (Å²) in [5.41, 5.74) is 2.74. The van der Waals surface area contributed by atoms with E-state index >= 15 is 0 Å². The van der Waals surface area contributed by atoms with Gasteiger partial charge in [0, 0.05) is 29.8 Å². The van der Waals surface area contributed by atoms with Crippen molar-refractivity contribution in [1.29, 1.82) is 0 Å². The average Bonchev–Trinajstić information content (AvgIpc) is 2.76. The summed E-state index contributed by atoms with van der Waals surface area (Å²) in [7, 11) is 0. The van der Waals surface area contributed by atoms with Crippen molar-refractivity contribution in [1.82, 2.24) is 4.90 Å². The maximum Gasteiger partial charge on any atom is 0.337 e. The normalized spacial score (nSPS) is 14.3. The van der Waals surface area contributed by atoms with Crippen LogP contribution in [-0.2, 0) is 16.0 Å². The third kappa shape index (κ3) is 5.13. The van der Waals surface area contributed by atoms with Gasteiger partial charge in [-0.15, -0.1) is 0 Å². The number of hydrogen-bond donors (Lipinski definition) is 1. The molecule has 6 nitrogen and oxygen atoms in total. The fraction of sp³-hybridized carbons (Fsp3) is 0.462. The summed E-state index contributed by atoms with van der Waals surface area (Å²) in [5.74, 6) is -0.370. The Labute approximate surface area is 190 Å².